The minimum atomic E-state index is -0.137. The third-order valence-electron chi connectivity index (χ3n) is 3.70. The van der Waals surface area contributed by atoms with Gasteiger partial charge in [-0.25, -0.2) is 0 Å². The van der Waals surface area contributed by atoms with Crippen LogP contribution in [-0.4, -0.2) is 12.7 Å². The molecule has 0 fully saturated rings. The van der Waals surface area contributed by atoms with Crippen molar-refractivity contribution in [3.8, 4) is 11.5 Å². The van der Waals surface area contributed by atoms with Gasteiger partial charge >= 0.3 is 0 Å². The fourth-order valence-corrected chi connectivity index (χ4v) is 2.46. The van der Waals surface area contributed by atoms with Gasteiger partial charge in [-0.15, -0.1) is 0 Å². The van der Waals surface area contributed by atoms with E-state index in [-0.39, 0.29) is 12.7 Å². The van der Waals surface area contributed by atoms with Crippen molar-refractivity contribution in [2.24, 2.45) is 0 Å². The summed E-state index contributed by atoms with van der Waals surface area (Å²) in [4.78, 5) is 12.4. The molecule has 4 heteroatoms. The van der Waals surface area contributed by atoms with Crippen LogP contribution in [0.4, 0.5) is 5.69 Å². The maximum absolute atomic E-state index is 12.4. The number of hydrogen-bond donors (Lipinski definition) is 1. The Morgan fingerprint density at radius 1 is 1.14 bits per heavy atom. The number of benzene rings is 2. The van der Waals surface area contributed by atoms with Crippen molar-refractivity contribution in [3.63, 3.8) is 0 Å². The van der Waals surface area contributed by atoms with Gasteiger partial charge in [0.1, 0.15) is 0 Å². The smallest absolute Gasteiger partial charge is 0.255 e. The van der Waals surface area contributed by atoms with E-state index in [0.29, 0.717) is 17.1 Å². The highest BCUT2D eigenvalue weighted by atomic mass is 16.7. The van der Waals surface area contributed by atoms with Crippen LogP contribution in [0.5, 0.6) is 11.5 Å². The average molecular weight is 297 g/mol. The van der Waals surface area contributed by atoms with Gasteiger partial charge in [-0.2, -0.15) is 0 Å². The summed E-state index contributed by atoms with van der Waals surface area (Å²) in [5, 5.41) is 2.99. The van der Waals surface area contributed by atoms with E-state index in [1.54, 1.807) is 18.2 Å². The molecule has 3 rings (SSSR count). The summed E-state index contributed by atoms with van der Waals surface area (Å²) in [6.07, 6.45) is 3.20. The second-order valence-electron chi connectivity index (χ2n) is 5.28. The first-order chi connectivity index (χ1) is 10.8. The minimum Gasteiger partial charge on any atom is -0.454 e. The van der Waals surface area contributed by atoms with E-state index in [1.807, 2.05) is 18.2 Å². The van der Waals surface area contributed by atoms with Gasteiger partial charge in [0.15, 0.2) is 11.5 Å². The molecule has 1 N–H and O–H groups in total. The predicted octanol–water partition coefficient (Wildman–Crippen LogP) is 4.01. The topological polar surface area (TPSA) is 47.6 Å². The molecule has 0 atom stereocenters. The first-order valence-corrected chi connectivity index (χ1v) is 7.57. The minimum absolute atomic E-state index is 0.137. The molecule has 2 aromatic rings. The van der Waals surface area contributed by atoms with Crippen molar-refractivity contribution in [2.75, 3.05) is 12.1 Å². The van der Waals surface area contributed by atoms with Crippen LogP contribution in [0.15, 0.2) is 42.5 Å². The normalized spacial score (nSPS) is 12.2. The van der Waals surface area contributed by atoms with Crippen LogP contribution in [0.25, 0.3) is 0 Å². The highest BCUT2D eigenvalue weighted by Gasteiger charge is 2.16. The number of fused-ring (bicyclic) bond motifs is 1. The Bertz CT molecular complexity index is 682. The molecule has 0 unspecified atom stereocenters. The summed E-state index contributed by atoms with van der Waals surface area (Å²) in [7, 11) is 0. The molecule has 22 heavy (non-hydrogen) atoms. The Kier molecular flexibility index (Phi) is 4.28. The molecule has 4 nitrogen and oxygen atoms in total. The number of anilines is 1. The summed E-state index contributed by atoms with van der Waals surface area (Å²) in [6, 6.07) is 13.2. The number of rotatable bonds is 5. The molecule has 0 aromatic heterocycles. The summed E-state index contributed by atoms with van der Waals surface area (Å²) in [6.45, 7) is 2.37. The lowest BCUT2D eigenvalue weighted by Crippen LogP contribution is -2.13. The highest BCUT2D eigenvalue weighted by molar-refractivity contribution is 6.05. The van der Waals surface area contributed by atoms with Crippen LogP contribution >= 0.6 is 0 Å². The van der Waals surface area contributed by atoms with Gasteiger partial charge in [0.25, 0.3) is 5.91 Å². The molecule has 0 saturated carbocycles. The largest absolute Gasteiger partial charge is 0.454 e. The van der Waals surface area contributed by atoms with Crippen LogP contribution in [0.2, 0.25) is 0 Å². The van der Waals surface area contributed by atoms with Crippen LogP contribution in [0, 0.1) is 0 Å². The molecule has 0 bridgehead atoms. The van der Waals surface area contributed by atoms with Gasteiger partial charge in [0.05, 0.1) is 0 Å². The van der Waals surface area contributed by atoms with E-state index in [2.05, 4.69) is 18.3 Å². The highest BCUT2D eigenvalue weighted by Crippen LogP contribution is 2.32. The predicted molar refractivity (Wildman–Crippen MR) is 85.6 cm³/mol. The van der Waals surface area contributed by atoms with Crippen molar-refractivity contribution >= 4 is 11.6 Å². The van der Waals surface area contributed by atoms with Crippen LogP contribution in [0.3, 0.4) is 0 Å². The van der Waals surface area contributed by atoms with Gasteiger partial charge in [0.2, 0.25) is 6.79 Å². The molecule has 1 amide bonds. The van der Waals surface area contributed by atoms with Gasteiger partial charge in [0, 0.05) is 11.3 Å². The number of carbonyl (C=O) groups is 1. The van der Waals surface area contributed by atoms with Crippen molar-refractivity contribution in [1.82, 2.24) is 0 Å². The lowest BCUT2D eigenvalue weighted by atomic mass is 10.1. The molecule has 114 valence electrons. The van der Waals surface area contributed by atoms with E-state index < -0.39 is 0 Å². The number of ether oxygens (including phenoxy) is 2. The molecule has 1 heterocycles. The molecule has 0 aliphatic carbocycles. The van der Waals surface area contributed by atoms with Crippen molar-refractivity contribution < 1.29 is 14.3 Å². The second-order valence-corrected chi connectivity index (χ2v) is 5.28. The van der Waals surface area contributed by atoms with E-state index in [0.717, 1.165) is 24.9 Å². The van der Waals surface area contributed by atoms with Gasteiger partial charge in [-0.05, 0) is 42.7 Å². The summed E-state index contributed by atoms with van der Waals surface area (Å²) in [5.74, 6) is 1.16. The maximum atomic E-state index is 12.4. The third kappa shape index (κ3) is 3.06. The van der Waals surface area contributed by atoms with Gasteiger partial charge in [-0.1, -0.05) is 31.5 Å². The van der Waals surface area contributed by atoms with E-state index >= 15 is 0 Å². The standard InChI is InChI=1S/C18H19NO3/c1-2-3-6-13-7-4-5-8-15(13)19-18(20)14-9-10-16-17(11-14)22-12-21-16/h4-5,7-11H,2-3,6,12H2,1H3,(H,19,20). The molecule has 1 aliphatic heterocycles. The second kappa shape index (κ2) is 6.52. The Morgan fingerprint density at radius 3 is 2.82 bits per heavy atom. The summed E-state index contributed by atoms with van der Waals surface area (Å²) >= 11 is 0. The van der Waals surface area contributed by atoms with Gasteiger partial charge < -0.3 is 14.8 Å². The van der Waals surface area contributed by atoms with Crippen LogP contribution in [-0.2, 0) is 6.42 Å². The first kappa shape index (κ1) is 14.4. The van der Waals surface area contributed by atoms with Crippen molar-refractivity contribution in [1.29, 1.82) is 0 Å². The average Bonchev–Trinajstić information content (AvgIpc) is 3.01. The zero-order chi connectivity index (χ0) is 15.4. The summed E-state index contributed by atoms with van der Waals surface area (Å²) in [5.41, 5.74) is 2.60. The zero-order valence-corrected chi connectivity index (χ0v) is 12.6. The Hall–Kier alpha value is -2.49. The maximum Gasteiger partial charge on any atom is 0.255 e. The number of nitrogens with one attached hydrogen (secondary N) is 1. The van der Waals surface area contributed by atoms with E-state index in [4.69, 9.17) is 9.47 Å². The fourth-order valence-electron chi connectivity index (χ4n) is 2.46. The van der Waals surface area contributed by atoms with Crippen molar-refractivity contribution in [2.45, 2.75) is 26.2 Å². The fraction of sp³-hybridized carbons (Fsp3) is 0.278. The molecule has 0 radical (unpaired) electrons. The van der Waals surface area contributed by atoms with Crippen LogP contribution < -0.4 is 14.8 Å². The van der Waals surface area contributed by atoms with Crippen molar-refractivity contribution in [3.05, 3.63) is 53.6 Å². The Balaban J connectivity index is 1.77. The Morgan fingerprint density at radius 2 is 1.95 bits per heavy atom. The SMILES string of the molecule is CCCCc1ccccc1NC(=O)c1ccc2c(c1)OCO2. The number of para-hydroxylation sites is 1. The number of aryl methyl sites for hydroxylation is 1. The molecular weight excluding hydrogens is 278 g/mol. The lowest BCUT2D eigenvalue weighted by molar-refractivity contribution is 0.102. The van der Waals surface area contributed by atoms with E-state index in [1.165, 1.54) is 5.56 Å². The molecule has 1 aliphatic rings. The molecule has 0 spiro atoms. The quantitative estimate of drug-likeness (QED) is 0.907. The number of hydrogen-bond acceptors (Lipinski definition) is 3. The number of unbranched alkanes of at least 4 members (excludes halogenated alkanes) is 1. The summed E-state index contributed by atoms with van der Waals surface area (Å²) < 4.78 is 10.6. The van der Waals surface area contributed by atoms with Gasteiger partial charge in [-0.3, -0.25) is 4.79 Å². The Labute approximate surface area is 130 Å². The zero-order valence-electron chi connectivity index (χ0n) is 12.6. The van der Waals surface area contributed by atoms with E-state index in [9.17, 15) is 4.79 Å². The monoisotopic (exact) mass is 297 g/mol. The molecule has 2 aromatic carbocycles. The number of carbonyl (C=O) groups excluding carboxylic acids is 1. The lowest BCUT2D eigenvalue weighted by Gasteiger charge is -2.11. The molecule has 0 saturated heterocycles. The first-order valence-electron chi connectivity index (χ1n) is 7.57. The van der Waals surface area contributed by atoms with Crippen LogP contribution in [0.1, 0.15) is 35.7 Å². The third-order valence-corrected chi connectivity index (χ3v) is 3.70. The molecular formula is C18H19NO3. The number of amides is 1.